The van der Waals surface area contributed by atoms with E-state index in [9.17, 15) is 4.79 Å². The molecule has 0 saturated carbocycles. The van der Waals surface area contributed by atoms with E-state index in [0.29, 0.717) is 30.2 Å². The maximum absolute atomic E-state index is 12.4. The highest BCUT2D eigenvalue weighted by Crippen LogP contribution is 2.22. The van der Waals surface area contributed by atoms with Gasteiger partial charge < -0.3 is 14.4 Å². The van der Waals surface area contributed by atoms with Gasteiger partial charge in [0.2, 0.25) is 0 Å². The summed E-state index contributed by atoms with van der Waals surface area (Å²) < 4.78 is 6.31. The third-order valence-electron chi connectivity index (χ3n) is 4.34. The number of carbonyl (C=O) groups is 1. The van der Waals surface area contributed by atoms with E-state index in [-0.39, 0.29) is 5.91 Å². The molecule has 0 aliphatic carbocycles. The van der Waals surface area contributed by atoms with Gasteiger partial charge in [0.15, 0.2) is 5.82 Å². The number of likely N-dealkylation sites (N-methyl/N-ethyl adjacent to an activating group) is 1. The van der Waals surface area contributed by atoms with E-state index in [4.69, 9.17) is 4.52 Å². The summed E-state index contributed by atoms with van der Waals surface area (Å²) in [6.45, 7) is 0.501. The highest BCUT2D eigenvalue weighted by molar-refractivity contribution is 9.10. The summed E-state index contributed by atoms with van der Waals surface area (Å²) in [5.74, 6) is 0.976. The molecular weight excluding hydrogens is 408 g/mol. The second kappa shape index (κ2) is 7.36. The number of aromatic amines is 1. The van der Waals surface area contributed by atoms with Crippen molar-refractivity contribution in [1.29, 1.82) is 0 Å². The number of hydrogen-bond donors (Lipinski definition) is 1. The molecule has 2 aromatic heterocycles. The van der Waals surface area contributed by atoms with Crippen molar-refractivity contribution in [3.8, 4) is 11.6 Å². The predicted molar refractivity (Wildman–Crippen MR) is 106 cm³/mol. The molecular formula is C20H17BrN4O2. The number of benzene rings is 2. The highest BCUT2D eigenvalue weighted by atomic mass is 79.9. The molecule has 2 aromatic carbocycles. The summed E-state index contributed by atoms with van der Waals surface area (Å²) in [6, 6.07) is 17.3. The molecule has 6 nitrogen and oxygen atoms in total. The fourth-order valence-electron chi connectivity index (χ4n) is 2.84. The maximum Gasteiger partial charge on any atom is 0.274 e. The zero-order valence-corrected chi connectivity index (χ0v) is 16.2. The molecule has 0 radical (unpaired) electrons. The average molecular weight is 425 g/mol. The van der Waals surface area contributed by atoms with Gasteiger partial charge in [-0.15, -0.1) is 0 Å². The van der Waals surface area contributed by atoms with Crippen LogP contribution in [0.25, 0.3) is 22.5 Å². The monoisotopic (exact) mass is 424 g/mol. The summed E-state index contributed by atoms with van der Waals surface area (Å²) in [5.41, 5.74) is 2.45. The Balaban J connectivity index is 1.41. The van der Waals surface area contributed by atoms with E-state index < -0.39 is 0 Å². The number of aromatic nitrogens is 3. The average Bonchev–Trinajstić information content (AvgIpc) is 3.32. The molecule has 4 rings (SSSR count). The Kier molecular flexibility index (Phi) is 4.77. The smallest absolute Gasteiger partial charge is 0.274 e. The zero-order chi connectivity index (χ0) is 18.8. The van der Waals surface area contributed by atoms with Crippen molar-refractivity contribution in [1.82, 2.24) is 20.0 Å². The van der Waals surface area contributed by atoms with Crippen molar-refractivity contribution >= 4 is 32.7 Å². The number of fused-ring (bicyclic) bond motifs is 1. The van der Waals surface area contributed by atoms with Crippen LogP contribution in [0, 0.1) is 0 Å². The van der Waals surface area contributed by atoms with E-state index in [1.54, 1.807) is 24.1 Å². The van der Waals surface area contributed by atoms with Gasteiger partial charge in [-0.2, -0.15) is 4.98 Å². The number of rotatable bonds is 5. The van der Waals surface area contributed by atoms with Crippen molar-refractivity contribution in [3.63, 3.8) is 0 Å². The molecule has 0 bridgehead atoms. The zero-order valence-electron chi connectivity index (χ0n) is 14.6. The molecule has 0 saturated heterocycles. The maximum atomic E-state index is 12.4. The Morgan fingerprint density at radius 3 is 2.74 bits per heavy atom. The number of nitrogens with zero attached hydrogens (tertiary/aromatic N) is 3. The molecule has 7 heteroatoms. The largest absolute Gasteiger partial charge is 0.351 e. The molecule has 2 heterocycles. The molecule has 1 N–H and O–H groups in total. The Bertz CT molecular complexity index is 1050. The molecule has 1 amide bonds. The highest BCUT2D eigenvalue weighted by Gasteiger charge is 2.15. The van der Waals surface area contributed by atoms with E-state index in [1.165, 1.54) is 0 Å². The van der Waals surface area contributed by atoms with Crippen LogP contribution in [-0.2, 0) is 6.42 Å². The molecule has 4 aromatic rings. The van der Waals surface area contributed by atoms with Crippen LogP contribution in [0.2, 0.25) is 0 Å². The Labute approximate surface area is 164 Å². The third-order valence-corrected chi connectivity index (χ3v) is 4.87. The Morgan fingerprint density at radius 2 is 1.96 bits per heavy atom. The standard InChI is InChI=1S/C20H17BrN4O2/c1-25(20(26)13-6-8-15(21)9-7-13)11-10-18-23-19(27-24-18)17-12-14-4-2-3-5-16(14)22-17/h2-9,12,22H,10-11H2,1H3. The topological polar surface area (TPSA) is 75.0 Å². The van der Waals surface area contributed by atoms with Gasteiger partial charge in [-0.1, -0.05) is 39.3 Å². The van der Waals surface area contributed by atoms with Crippen molar-refractivity contribution < 1.29 is 9.32 Å². The minimum atomic E-state index is -0.0400. The minimum absolute atomic E-state index is 0.0400. The van der Waals surface area contributed by atoms with Crippen LogP contribution in [0.1, 0.15) is 16.2 Å². The van der Waals surface area contributed by atoms with Crippen molar-refractivity contribution in [2.75, 3.05) is 13.6 Å². The van der Waals surface area contributed by atoms with Gasteiger partial charge in [0, 0.05) is 41.0 Å². The van der Waals surface area contributed by atoms with Crippen molar-refractivity contribution in [3.05, 3.63) is 70.5 Å². The molecule has 0 fully saturated rings. The molecule has 0 aliphatic heterocycles. The van der Waals surface area contributed by atoms with Gasteiger partial charge in [-0.25, -0.2) is 0 Å². The number of amides is 1. The molecule has 27 heavy (non-hydrogen) atoms. The first-order chi connectivity index (χ1) is 13.1. The number of nitrogens with one attached hydrogen (secondary N) is 1. The van der Waals surface area contributed by atoms with E-state index in [0.717, 1.165) is 21.1 Å². The summed E-state index contributed by atoms with van der Waals surface area (Å²) in [4.78, 5) is 21.8. The fourth-order valence-corrected chi connectivity index (χ4v) is 3.10. The van der Waals surface area contributed by atoms with Crippen LogP contribution >= 0.6 is 15.9 Å². The number of halogens is 1. The van der Waals surface area contributed by atoms with E-state index in [1.807, 2.05) is 42.5 Å². The van der Waals surface area contributed by atoms with E-state index >= 15 is 0 Å². The van der Waals surface area contributed by atoms with Gasteiger partial charge in [0.05, 0.1) is 0 Å². The number of H-pyrrole nitrogens is 1. The predicted octanol–water partition coefficient (Wildman–Crippen LogP) is 4.30. The van der Waals surface area contributed by atoms with Crippen LogP contribution < -0.4 is 0 Å². The van der Waals surface area contributed by atoms with Gasteiger partial charge in [-0.3, -0.25) is 4.79 Å². The lowest BCUT2D eigenvalue weighted by atomic mass is 10.2. The number of para-hydroxylation sites is 1. The Hall–Kier alpha value is -2.93. The molecule has 0 unspecified atom stereocenters. The van der Waals surface area contributed by atoms with Crippen molar-refractivity contribution in [2.45, 2.75) is 6.42 Å². The van der Waals surface area contributed by atoms with Gasteiger partial charge in [-0.05, 0) is 36.4 Å². The lowest BCUT2D eigenvalue weighted by Gasteiger charge is -2.16. The summed E-state index contributed by atoms with van der Waals surface area (Å²) in [7, 11) is 1.77. The van der Waals surface area contributed by atoms with Gasteiger partial charge in [0.1, 0.15) is 5.69 Å². The first-order valence-electron chi connectivity index (χ1n) is 8.52. The van der Waals surface area contributed by atoms with Crippen LogP contribution in [0.3, 0.4) is 0 Å². The molecule has 136 valence electrons. The first kappa shape index (κ1) is 17.5. The van der Waals surface area contributed by atoms with Crippen LogP contribution in [-0.4, -0.2) is 39.5 Å². The first-order valence-corrected chi connectivity index (χ1v) is 9.31. The summed E-state index contributed by atoms with van der Waals surface area (Å²) >= 11 is 3.37. The third kappa shape index (κ3) is 3.78. The molecule has 0 aliphatic rings. The van der Waals surface area contributed by atoms with Crippen LogP contribution in [0.15, 0.2) is 63.6 Å². The number of hydrogen-bond acceptors (Lipinski definition) is 4. The summed E-state index contributed by atoms with van der Waals surface area (Å²) in [5, 5.41) is 5.12. The lowest BCUT2D eigenvalue weighted by Crippen LogP contribution is -2.29. The normalized spacial score (nSPS) is 11.0. The van der Waals surface area contributed by atoms with Crippen LogP contribution in [0.4, 0.5) is 0 Å². The number of carbonyl (C=O) groups excluding carboxylic acids is 1. The lowest BCUT2D eigenvalue weighted by molar-refractivity contribution is 0.0796. The quantitative estimate of drug-likeness (QED) is 0.518. The second-order valence-electron chi connectivity index (χ2n) is 6.27. The fraction of sp³-hybridized carbons (Fsp3) is 0.150. The van der Waals surface area contributed by atoms with Gasteiger partial charge in [0.25, 0.3) is 11.8 Å². The Morgan fingerprint density at radius 1 is 1.19 bits per heavy atom. The minimum Gasteiger partial charge on any atom is -0.351 e. The van der Waals surface area contributed by atoms with Gasteiger partial charge >= 0.3 is 0 Å². The van der Waals surface area contributed by atoms with Crippen molar-refractivity contribution in [2.24, 2.45) is 0 Å². The SMILES string of the molecule is CN(CCc1noc(-c2cc3ccccc3[nH]2)n1)C(=O)c1ccc(Br)cc1. The molecule has 0 spiro atoms. The molecule has 0 atom stereocenters. The van der Waals surface area contributed by atoms with Crippen LogP contribution in [0.5, 0.6) is 0 Å². The second-order valence-corrected chi connectivity index (χ2v) is 7.19. The summed E-state index contributed by atoms with van der Waals surface area (Å²) in [6.07, 6.45) is 0.516. The van der Waals surface area contributed by atoms with E-state index in [2.05, 4.69) is 31.1 Å².